The van der Waals surface area contributed by atoms with Gasteiger partial charge < -0.3 is 25.7 Å². The number of carbonyl (C=O) groups excluding carboxylic acids is 2. The summed E-state index contributed by atoms with van der Waals surface area (Å²) in [7, 11) is 6.70. The van der Waals surface area contributed by atoms with Gasteiger partial charge >= 0.3 is 6.18 Å². The van der Waals surface area contributed by atoms with Crippen LogP contribution in [0.15, 0.2) is 83.0 Å². The highest BCUT2D eigenvalue weighted by molar-refractivity contribution is 6.09. The summed E-state index contributed by atoms with van der Waals surface area (Å²) in [6.07, 6.45) is 4.90. The number of methoxy groups -OCH3 is 2. The van der Waals surface area contributed by atoms with Gasteiger partial charge in [-0.15, -0.1) is 0 Å². The number of alkyl halides is 3. The lowest BCUT2D eigenvalue weighted by Gasteiger charge is -2.45. The van der Waals surface area contributed by atoms with Gasteiger partial charge in [0.1, 0.15) is 5.75 Å². The van der Waals surface area contributed by atoms with Gasteiger partial charge in [0, 0.05) is 50.0 Å². The molecule has 0 bridgehead atoms. The first-order chi connectivity index (χ1) is 30.6. The number of pyridine rings is 1. The maximum Gasteiger partial charge on any atom is 0.417 e. The predicted octanol–water partition coefficient (Wildman–Crippen LogP) is 7.24. The maximum absolute atomic E-state index is 14.4. The molecule has 3 heterocycles. The highest BCUT2D eigenvalue weighted by Gasteiger charge is 2.67. The molecule has 2 saturated carbocycles. The third-order valence-electron chi connectivity index (χ3n) is 15.6. The number of fused-ring (bicyclic) bond motifs is 6. The fourth-order valence-electron chi connectivity index (χ4n) is 12.1. The molecule has 2 atom stereocenters. The van der Waals surface area contributed by atoms with Crippen molar-refractivity contribution in [2.45, 2.75) is 100 Å². The number of rotatable bonds is 7. The van der Waals surface area contributed by atoms with Crippen molar-refractivity contribution in [1.29, 1.82) is 0 Å². The van der Waals surface area contributed by atoms with Gasteiger partial charge in [0.25, 0.3) is 11.8 Å². The summed E-state index contributed by atoms with van der Waals surface area (Å²) in [4.78, 5) is 45.4. The number of guanidine groups is 2. The van der Waals surface area contributed by atoms with Gasteiger partial charge in [0.05, 0.1) is 31.5 Å². The van der Waals surface area contributed by atoms with Gasteiger partial charge in [-0.3, -0.25) is 24.4 Å². The number of carbonyl (C=O) groups is 2. The molecule has 15 heteroatoms. The van der Waals surface area contributed by atoms with E-state index in [1.807, 2.05) is 18.2 Å². The van der Waals surface area contributed by atoms with Crippen LogP contribution in [0.2, 0.25) is 0 Å². The van der Waals surface area contributed by atoms with Gasteiger partial charge in [0.15, 0.2) is 23.0 Å². The number of ether oxygens (including phenoxy) is 3. The van der Waals surface area contributed by atoms with Gasteiger partial charge in [-0.1, -0.05) is 24.3 Å². The Morgan fingerprint density at radius 1 is 0.688 bits per heavy atom. The lowest BCUT2D eigenvalue weighted by molar-refractivity contribution is -0.138. The van der Waals surface area contributed by atoms with Crippen LogP contribution in [-0.4, -0.2) is 79.0 Å². The number of aliphatic imine (C=N–C) groups is 2. The topological polar surface area (TPSA) is 158 Å². The Kier molecular flexibility index (Phi) is 9.80. The summed E-state index contributed by atoms with van der Waals surface area (Å²) in [5.74, 6) is 0.695. The first-order valence-corrected chi connectivity index (χ1v) is 22.0. The molecule has 4 spiro atoms. The van der Waals surface area contributed by atoms with Crippen LogP contribution in [0.5, 0.6) is 5.75 Å². The van der Waals surface area contributed by atoms with E-state index >= 15 is 0 Å². The molecule has 4 aliphatic carbocycles. The normalized spacial score (nSPS) is 29.6. The molecule has 4 aromatic rings. The zero-order valence-corrected chi connectivity index (χ0v) is 36.4. The predicted molar refractivity (Wildman–Crippen MR) is 234 cm³/mol. The third kappa shape index (κ3) is 6.13. The molecular formula is C49H52F3N7O5. The van der Waals surface area contributed by atoms with Crippen molar-refractivity contribution in [3.05, 3.63) is 106 Å². The highest BCUT2D eigenvalue weighted by atomic mass is 19.4. The molecule has 6 aliphatic rings. The van der Waals surface area contributed by atoms with Crippen LogP contribution < -0.4 is 16.2 Å². The summed E-state index contributed by atoms with van der Waals surface area (Å²) >= 11 is 0. The molecule has 4 N–H and O–H groups in total. The smallest absolute Gasteiger partial charge is 0.417 e. The second-order valence-electron chi connectivity index (χ2n) is 18.7. The number of hydrogen-bond acceptors (Lipinski definition) is 10. The van der Waals surface area contributed by atoms with E-state index < -0.39 is 33.6 Å². The van der Waals surface area contributed by atoms with Crippen molar-refractivity contribution < 1.29 is 37.0 Å². The minimum Gasteiger partial charge on any atom is -0.497 e. The Bertz CT molecular complexity index is 2650. The van der Waals surface area contributed by atoms with E-state index in [2.05, 4.69) is 29.2 Å². The number of halogens is 3. The average Bonchev–Trinajstić information content (AvgIpc) is 3.90. The van der Waals surface area contributed by atoms with Crippen molar-refractivity contribution >= 4 is 23.7 Å². The van der Waals surface area contributed by atoms with Gasteiger partial charge in [-0.05, 0) is 145 Å². The molecule has 10 rings (SSSR count). The standard InChI is InChI=1S/C49H52F3N7O5/c1-58-41(60)47(56-43(58)53)39-21-29(5-7-31(39)23-45(47)13-9-36(62-3)10-14-45)33-17-28(18-38(20-33)63-4)27-64-37-11-15-46(16-12-37)24-32-8-6-30(34-19-35(26-55-25-34)49(50,51)52)22-40(32)48(46)42(61)59(2)44(54)57-48/h5-8,17-22,25-26,36-37H,9-16,23-24,27H2,1-4H3,(H2,53,56)(H2,54,57). The Labute approximate surface area is 369 Å². The first kappa shape index (κ1) is 42.2. The van der Waals surface area contributed by atoms with Crippen LogP contribution >= 0.6 is 0 Å². The summed E-state index contributed by atoms with van der Waals surface area (Å²) < 4.78 is 59.1. The Hall–Kier alpha value is -5.80. The molecular weight excluding hydrogens is 824 g/mol. The SMILES string of the molecule is COc1cc(COC2CCC3(CC2)Cc2ccc(-c4cncc(C(F)(F)F)c4)cc2C32N=C(N)N(C)C2=O)cc(-c2ccc3c(c2)C2(N=C(N)N(C)C2=O)C2(CCC(OC)CC2)C3)c1. The molecule has 2 aliphatic heterocycles. The fourth-order valence-corrected chi connectivity index (χ4v) is 12.1. The fraction of sp³-hybridized carbons (Fsp3) is 0.449. The van der Waals surface area contributed by atoms with Crippen LogP contribution in [-0.2, 0) is 55.8 Å². The molecule has 3 aromatic carbocycles. The third-order valence-corrected chi connectivity index (χ3v) is 15.6. The molecule has 64 heavy (non-hydrogen) atoms. The highest BCUT2D eigenvalue weighted by Crippen LogP contribution is 2.64. The summed E-state index contributed by atoms with van der Waals surface area (Å²) in [6, 6.07) is 19.0. The molecule has 1 aromatic heterocycles. The molecule has 2 unspecified atom stereocenters. The monoisotopic (exact) mass is 875 g/mol. The van der Waals surface area contributed by atoms with Crippen LogP contribution in [0.25, 0.3) is 22.3 Å². The molecule has 0 radical (unpaired) electrons. The second-order valence-corrected chi connectivity index (χ2v) is 18.7. The molecule has 334 valence electrons. The summed E-state index contributed by atoms with van der Waals surface area (Å²) in [5, 5.41) is 0. The van der Waals surface area contributed by atoms with Crippen LogP contribution in [0.1, 0.15) is 84.7 Å². The molecule has 2 amide bonds. The van der Waals surface area contributed by atoms with Crippen molar-refractivity contribution in [3.8, 4) is 28.0 Å². The average molecular weight is 876 g/mol. The van der Waals surface area contributed by atoms with Crippen molar-refractivity contribution in [2.75, 3.05) is 28.3 Å². The van der Waals surface area contributed by atoms with E-state index in [0.717, 1.165) is 77.7 Å². The van der Waals surface area contributed by atoms with Crippen molar-refractivity contribution in [2.24, 2.45) is 32.3 Å². The summed E-state index contributed by atoms with van der Waals surface area (Å²) in [6.45, 7) is 0.317. The number of hydrogen-bond donors (Lipinski definition) is 2. The maximum atomic E-state index is 14.4. The lowest BCUT2D eigenvalue weighted by Crippen LogP contribution is -2.51. The van der Waals surface area contributed by atoms with E-state index in [-0.39, 0.29) is 35.9 Å². The largest absolute Gasteiger partial charge is 0.497 e. The van der Waals surface area contributed by atoms with Gasteiger partial charge in [0.2, 0.25) is 0 Å². The minimum atomic E-state index is -4.55. The van der Waals surface area contributed by atoms with E-state index in [4.69, 9.17) is 35.7 Å². The number of benzene rings is 3. The van der Waals surface area contributed by atoms with Crippen LogP contribution in [0.3, 0.4) is 0 Å². The number of aromatic nitrogens is 1. The zero-order chi connectivity index (χ0) is 45.0. The Balaban J connectivity index is 0.898. The molecule has 12 nitrogen and oxygen atoms in total. The van der Waals surface area contributed by atoms with E-state index in [1.54, 1.807) is 40.4 Å². The zero-order valence-electron chi connectivity index (χ0n) is 36.4. The number of likely N-dealkylation sites (N-methyl/N-ethyl adjacent to an activating group) is 2. The quantitative estimate of drug-likeness (QED) is 0.197. The van der Waals surface area contributed by atoms with Crippen molar-refractivity contribution in [1.82, 2.24) is 14.8 Å². The van der Waals surface area contributed by atoms with E-state index in [9.17, 15) is 22.8 Å². The number of nitrogens with zero attached hydrogens (tertiary/aromatic N) is 5. The molecule has 2 fully saturated rings. The van der Waals surface area contributed by atoms with Gasteiger partial charge in [-0.25, -0.2) is 9.98 Å². The van der Waals surface area contributed by atoms with E-state index in [1.165, 1.54) is 16.0 Å². The second kappa shape index (κ2) is 14.9. The summed E-state index contributed by atoms with van der Waals surface area (Å²) in [5.41, 5.74) is 15.7. The number of nitrogens with two attached hydrogens (primary N) is 2. The molecule has 0 saturated heterocycles. The van der Waals surface area contributed by atoms with Crippen LogP contribution in [0, 0.1) is 10.8 Å². The number of amides is 2. The lowest BCUT2D eigenvalue weighted by atomic mass is 9.61. The minimum absolute atomic E-state index is 0.0878. The van der Waals surface area contributed by atoms with Gasteiger partial charge in [-0.2, -0.15) is 13.2 Å². The van der Waals surface area contributed by atoms with E-state index in [0.29, 0.717) is 61.2 Å². The van der Waals surface area contributed by atoms with Crippen LogP contribution in [0.4, 0.5) is 13.2 Å². The van der Waals surface area contributed by atoms with Crippen molar-refractivity contribution in [3.63, 3.8) is 0 Å². The Morgan fingerprint density at radius 2 is 1.22 bits per heavy atom. The Morgan fingerprint density at radius 3 is 1.70 bits per heavy atom. The first-order valence-electron chi connectivity index (χ1n) is 22.0.